The number of hydrogen-bond acceptors (Lipinski definition) is 6. The lowest BCUT2D eigenvalue weighted by Crippen LogP contribution is -2.16. The van der Waals surface area contributed by atoms with Crippen LogP contribution >= 0.6 is 23.1 Å². The highest BCUT2D eigenvalue weighted by Gasteiger charge is 2.11. The predicted octanol–water partition coefficient (Wildman–Crippen LogP) is 5.46. The largest absolute Gasteiger partial charge is 0.487 e. The summed E-state index contributed by atoms with van der Waals surface area (Å²) in [6.45, 7) is 2.39. The van der Waals surface area contributed by atoms with Gasteiger partial charge in [-0.2, -0.15) is 0 Å². The summed E-state index contributed by atoms with van der Waals surface area (Å²) < 4.78 is 5.73. The lowest BCUT2D eigenvalue weighted by Gasteiger charge is -2.12. The molecule has 0 saturated heterocycles. The Hall–Kier alpha value is -3.10. The molecule has 3 rings (SSSR count). The van der Waals surface area contributed by atoms with Crippen LogP contribution in [0.3, 0.4) is 0 Å². The Kier molecular flexibility index (Phi) is 7.86. The van der Waals surface area contributed by atoms with Gasteiger partial charge >= 0.3 is 0 Å². The Bertz CT molecular complexity index is 1080. The van der Waals surface area contributed by atoms with E-state index < -0.39 is 0 Å². The fraction of sp³-hybridized carbons (Fsp3) is 0.174. The van der Waals surface area contributed by atoms with E-state index >= 15 is 0 Å². The monoisotopic (exact) mass is 453 g/mol. The summed E-state index contributed by atoms with van der Waals surface area (Å²) >= 11 is 2.67. The molecule has 31 heavy (non-hydrogen) atoms. The summed E-state index contributed by atoms with van der Waals surface area (Å²) in [5, 5.41) is 5.72. The second kappa shape index (κ2) is 10.8. The van der Waals surface area contributed by atoms with E-state index in [9.17, 15) is 9.59 Å². The Morgan fingerprint density at radius 1 is 1.16 bits per heavy atom. The second-order valence-electron chi connectivity index (χ2n) is 6.80. The minimum atomic E-state index is -0.274. The van der Waals surface area contributed by atoms with Gasteiger partial charge in [-0.15, -0.1) is 11.3 Å². The van der Waals surface area contributed by atoms with E-state index in [0.29, 0.717) is 17.2 Å². The first-order chi connectivity index (χ1) is 14.9. The van der Waals surface area contributed by atoms with Crippen LogP contribution in [0.4, 0.5) is 10.5 Å². The van der Waals surface area contributed by atoms with Gasteiger partial charge in [-0.3, -0.25) is 9.59 Å². The number of nitrogens with zero attached hydrogens (tertiary/aromatic N) is 2. The highest BCUT2D eigenvalue weighted by molar-refractivity contribution is 8.13. The van der Waals surface area contributed by atoms with Crippen LogP contribution in [-0.2, 0) is 11.4 Å². The SMILES string of the molecule is Cc1nc(COc2ccc(/C=C/C(=O)Nc3ccccc3SC(=O)N(C)C)cc2)cs1. The van der Waals surface area contributed by atoms with Crippen LogP contribution < -0.4 is 10.1 Å². The summed E-state index contributed by atoms with van der Waals surface area (Å²) in [5.74, 6) is 0.466. The van der Waals surface area contributed by atoms with Gasteiger partial charge in [0.25, 0.3) is 5.24 Å². The lowest BCUT2D eigenvalue weighted by molar-refractivity contribution is -0.111. The van der Waals surface area contributed by atoms with E-state index in [1.165, 1.54) is 11.0 Å². The van der Waals surface area contributed by atoms with E-state index in [1.54, 1.807) is 43.6 Å². The molecule has 1 heterocycles. The van der Waals surface area contributed by atoms with E-state index in [-0.39, 0.29) is 11.1 Å². The average molecular weight is 454 g/mol. The van der Waals surface area contributed by atoms with Gasteiger partial charge in [-0.25, -0.2) is 4.98 Å². The zero-order valence-corrected chi connectivity index (χ0v) is 19.1. The fourth-order valence-corrected chi connectivity index (χ4v) is 3.84. The van der Waals surface area contributed by atoms with Crippen molar-refractivity contribution in [2.45, 2.75) is 18.4 Å². The molecule has 0 radical (unpaired) electrons. The van der Waals surface area contributed by atoms with Crippen molar-refractivity contribution in [1.82, 2.24) is 9.88 Å². The van der Waals surface area contributed by atoms with Crippen molar-refractivity contribution in [3.63, 3.8) is 0 Å². The normalized spacial score (nSPS) is 10.8. The third-order valence-electron chi connectivity index (χ3n) is 4.07. The van der Waals surface area contributed by atoms with Crippen LogP contribution in [0.15, 0.2) is 64.9 Å². The molecule has 1 N–H and O–H groups in total. The van der Waals surface area contributed by atoms with E-state index in [0.717, 1.165) is 33.8 Å². The average Bonchev–Trinajstić information content (AvgIpc) is 3.18. The van der Waals surface area contributed by atoms with Crippen molar-refractivity contribution in [2.75, 3.05) is 19.4 Å². The van der Waals surface area contributed by atoms with Gasteiger partial charge in [0.2, 0.25) is 5.91 Å². The number of nitrogens with one attached hydrogen (secondary N) is 1. The second-order valence-corrected chi connectivity index (χ2v) is 8.85. The molecule has 0 aliphatic rings. The Morgan fingerprint density at radius 2 is 1.90 bits per heavy atom. The maximum absolute atomic E-state index is 12.4. The number of rotatable bonds is 7. The van der Waals surface area contributed by atoms with Gasteiger partial charge in [-0.05, 0) is 54.6 Å². The molecule has 0 aliphatic heterocycles. The molecule has 0 aliphatic carbocycles. The molecule has 160 valence electrons. The summed E-state index contributed by atoms with van der Waals surface area (Å²) in [5.41, 5.74) is 2.38. The van der Waals surface area contributed by atoms with Crippen LogP contribution in [0.5, 0.6) is 5.75 Å². The number of thioether (sulfide) groups is 1. The maximum Gasteiger partial charge on any atom is 0.286 e. The highest BCUT2D eigenvalue weighted by atomic mass is 32.2. The topological polar surface area (TPSA) is 71.5 Å². The summed E-state index contributed by atoms with van der Waals surface area (Å²) in [7, 11) is 3.38. The molecule has 0 unspecified atom stereocenters. The zero-order valence-electron chi connectivity index (χ0n) is 17.5. The summed E-state index contributed by atoms with van der Waals surface area (Å²) in [6, 6.07) is 14.7. The number of amides is 2. The van der Waals surface area contributed by atoms with Gasteiger partial charge < -0.3 is 15.0 Å². The predicted molar refractivity (Wildman–Crippen MR) is 127 cm³/mol. The molecule has 8 heteroatoms. The van der Waals surface area contributed by atoms with Crippen LogP contribution in [0.2, 0.25) is 0 Å². The number of ether oxygens (including phenoxy) is 1. The van der Waals surface area contributed by atoms with Crippen LogP contribution in [0.25, 0.3) is 6.08 Å². The third kappa shape index (κ3) is 6.97. The summed E-state index contributed by atoms with van der Waals surface area (Å²) in [4.78, 5) is 30.9. The molecule has 1 aromatic heterocycles. The first-order valence-electron chi connectivity index (χ1n) is 9.52. The Labute approximate surface area is 190 Å². The molecule has 0 saturated carbocycles. The van der Waals surface area contributed by atoms with Crippen molar-refractivity contribution in [1.29, 1.82) is 0 Å². The molecular weight excluding hydrogens is 430 g/mol. The van der Waals surface area contributed by atoms with Crippen molar-refractivity contribution in [2.24, 2.45) is 0 Å². The number of para-hydroxylation sites is 1. The summed E-state index contributed by atoms with van der Waals surface area (Å²) in [6.07, 6.45) is 3.19. The van der Waals surface area contributed by atoms with E-state index in [1.807, 2.05) is 48.7 Å². The first kappa shape index (κ1) is 22.6. The molecule has 6 nitrogen and oxygen atoms in total. The van der Waals surface area contributed by atoms with Crippen molar-refractivity contribution < 1.29 is 14.3 Å². The van der Waals surface area contributed by atoms with Gasteiger partial charge in [-0.1, -0.05) is 24.3 Å². The standard InChI is InChI=1S/C23H23N3O3S2/c1-16-24-18(15-30-16)14-29-19-11-8-17(9-12-19)10-13-22(27)25-20-6-4-5-7-21(20)31-23(28)26(2)3/h4-13,15H,14H2,1-3H3,(H,25,27)/b13-10+. The Morgan fingerprint density at radius 3 is 2.58 bits per heavy atom. The quantitative estimate of drug-likeness (QED) is 0.380. The van der Waals surface area contributed by atoms with Crippen LogP contribution in [0, 0.1) is 6.92 Å². The molecular formula is C23H23N3O3S2. The first-order valence-corrected chi connectivity index (χ1v) is 11.2. The number of aryl methyl sites for hydroxylation is 1. The number of aromatic nitrogens is 1. The van der Waals surface area contributed by atoms with Gasteiger partial charge in [0.05, 0.1) is 16.4 Å². The maximum atomic E-state index is 12.4. The van der Waals surface area contributed by atoms with E-state index in [4.69, 9.17) is 4.74 Å². The van der Waals surface area contributed by atoms with E-state index in [2.05, 4.69) is 10.3 Å². The van der Waals surface area contributed by atoms with Gasteiger partial charge in [0.15, 0.2) is 0 Å². The molecule has 2 aromatic carbocycles. The third-order valence-corrected chi connectivity index (χ3v) is 6.01. The highest BCUT2D eigenvalue weighted by Crippen LogP contribution is 2.28. The lowest BCUT2D eigenvalue weighted by atomic mass is 10.2. The number of benzene rings is 2. The molecule has 0 atom stereocenters. The number of hydrogen-bond donors (Lipinski definition) is 1. The minimum absolute atomic E-state index is 0.107. The van der Waals surface area contributed by atoms with Gasteiger partial charge in [0.1, 0.15) is 12.4 Å². The number of anilines is 1. The van der Waals surface area contributed by atoms with Crippen molar-refractivity contribution in [3.05, 3.63) is 76.3 Å². The van der Waals surface area contributed by atoms with Crippen LogP contribution in [0.1, 0.15) is 16.3 Å². The zero-order chi connectivity index (χ0) is 22.2. The fourth-order valence-electron chi connectivity index (χ4n) is 2.50. The van der Waals surface area contributed by atoms with Crippen molar-refractivity contribution in [3.8, 4) is 5.75 Å². The van der Waals surface area contributed by atoms with Crippen LogP contribution in [-0.4, -0.2) is 35.1 Å². The van der Waals surface area contributed by atoms with Gasteiger partial charge in [0, 0.05) is 30.4 Å². The number of carbonyl (C=O) groups is 2. The molecule has 3 aromatic rings. The molecule has 0 bridgehead atoms. The van der Waals surface area contributed by atoms with Crippen molar-refractivity contribution >= 4 is 46.0 Å². The molecule has 2 amide bonds. The molecule has 0 fully saturated rings. The molecule has 0 spiro atoms. The number of carbonyl (C=O) groups excluding carboxylic acids is 2. The Balaban J connectivity index is 1.56. The number of thiazole rings is 1. The minimum Gasteiger partial charge on any atom is -0.487 e. The smallest absolute Gasteiger partial charge is 0.286 e.